The number of hydrogen-bond donors (Lipinski definition) is 2. The van der Waals surface area contributed by atoms with E-state index < -0.39 is 17.2 Å². The second-order valence-corrected chi connectivity index (χ2v) is 10.6. The number of hydrogen-bond acceptors (Lipinski definition) is 7. The van der Waals surface area contributed by atoms with Gasteiger partial charge in [-0.05, 0) is 23.9 Å². The van der Waals surface area contributed by atoms with Gasteiger partial charge in [0, 0.05) is 56.9 Å². The average Bonchev–Trinajstić information content (AvgIpc) is 3.42. The first kappa shape index (κ1) is 25.0. The fourth-order valence-electron chi connectivity index (χ4n) is 5.97. The first-order valence-electron chi connectivity index (χ1n) is 13.7. The Morgan fingerprint density at radius 2 is 1.90 bits per heavy atom. The van der Waals surface area contributed by atoms with Crippen LogP contribution < -0.4 is 21.2 Å². The fourth-order valence-corrected chi connectivity index (χ4v) is 5.97. The molecule has 3 N–H and O–H groups in total. The number of anilines is 1. The van der Waals surface area contributed by atoms with Crippen LogP contribution in [0.1, 0.15) is 16.8 Å². The highest BCUT2D eigenvalue weighted by molar-refractivity contribution is 6.03. The lowest BCUT2D eigenvalue weighted by Crippen LogP contribution is -2.39. The quantitative estimate of drug-likeness (QED) is 0.351. The molecule has 40 heavy (non-hydrogen) atoms. The van der Waals surface area contributed by atoms with E-state index in [-0.39, 0.29) is 28.4 Å². The molecule has 4 aromatic rings. The van der Waals surface area contributed by atoms with Crippen molar-refractivity contribution in [2.75, 3.05) is 57.8 Å². The largest absolute Gasteiger partial charge is 0.450 e. The summed E-state index contributed by atoms with van der Waals surface area (Å²) >= 11 is 0. The van der Waals surface area contributed by atoms with Gasteiger partial charge in [-0.2, -0.15) is 0 Å². The molecule has 3 aliphatic heterocycles. The number of amides is 1. The van der Waals surface area contributed by atoms with Gasteiger partial charge in [-0.3, -0.25) is 14.5 Å². The number of likely N-dealkylation sites (tertiary alicyclic amines) is 1. The lowest BCUT2D eigenvalue weighted by Gasteiger charge is -2.29. The molecule has 0 radical (unpaired) electrons. The number of fused-ring (bicyclic) bond motifs is 4. The minimum atomic E-state index is -0.607. The molecule has 3 aromatic carbocycles. The highest BCUT2D eigenvalue weighted by Gasteiger charge is 2.32. The van der Waals surface area contributed by atoms with Crippen molar-refractivity contribution in [1.82, 2.24) is 14.4 Å². The number of pyridine rings is 1. The molecular formula is C30H30FN5O4. The van der Waals surface area contributed by atoms with Crippen molar-refractivity contribution in [2.45, 2.75) is 12.5 Å². The zero-order valence-electron chi connectivity index (χ0n) is 22.0. The van der Waals surface area contributed by atoms with Gasteiger partial charge in [-0.1, -0.05) is 30.3 Å². The van der Waals surface area contributed by atoms with E-state index in [9.17, 15) is 9.59 Å². The second-order valence-electron chi connectivity index (χ2n) is 10.6. The monoisotopic (exact) mass is 543 g/mol. The average molecular weight is 544 g/mol. The van der Waals surface area contributed by atoms with Crippen LogP contribution in [0, 0.1) is 5.82 Å². The van der Waals surface area contributed by atoms with Crippen molar-refractivity contribution in [3.05, 3.63) is 70.3 Å². The van der Waals surface area contributed by atoms with Gasteiger partial charge in [-0.15, -0.1) is 0 Å². The zero-order chi connectivity index (χ0) is 27.4. The molecule has 0 spiro atoms. The van der Waals surface area contributed by atoms with Crippen molar-refractivity contribution in [3.8, 4) is 17.2 Å². The topological polar surface area (TPSA) is 102 Å². The Morgan fingerprint density at radius 3 is 2.70 bits per heavy atom. The molecule has 7 rings (SSSR count). The molecule has 1 aromatic heterocycles. The van der Waals surface area contributed by atoms with E-state index >= 15 is 4.39 Å². The molecule has 2 fully saturated rings. The van der Waals surface area contributed by atoms with Crippen molar-refractivity contribution in [1.29, 1.82) is 0 Å². The number of morpholine rings is 1. The normalized spacial score (nSPS) is 18.6. The van der Waals surface area contributed by atoms with E-state index in [1.54, 1.807) is 15.7 Å². The zero-order valence-corrected chi connectivity index (χ0v) is 22.0. The van der Waals surface area contributed by atoms with Gasteiger partial charge in [0.1, 0.15) is 16.8 Å². The van der Waals surface area contributed by atoms with Crippen LogP contribution in [0.25, 0.3) is 27.4 Å². The molecule has 206 valence electrons. The molecule has 10 heteroatoms. The number of ether oxygens (including phenoxy) is 2. The van der Waals surface area contributed by atoms with Gasteiger partial charge in [0.15, 0.2) is 17.3 Å². The Morgan fingerprint density at radius 1 is 1.07 bits per heavy atom. The Labute approximate surface area is 229 Å². The third kappa shape index (κ3) is 4.11. The van der Waals surface area contributed by atoms with Crippen molar-refractivity contribution >= 4 is 33.3 Å². The number of halogens is 1. The highest BCUT2D eigenvalue weighted by atomic mass is 19.1. The number of rotatable bonds is 5. The van der Waals surface area contributed by atoms with E-state index in [1.165, 1.54) is 6.07 Å². The highest BCUT2D eigenvalue weighted by Crippen LogP contribution is 2.47. The number of carbonyl (C=O) groups excluding carboxylic acids is 1. The van der Waals surface area contributed by atoms with E-state index in [0.717, 1.165) is 23.9 Å². The third-order valence-corrected chi connectivity index (χ3v) is 8.09. The summed E-state index contributed by atoms with van der Waals surface area (Å²) in [4.78, 5) is 31.1. The van der Waals surface area contributed by atoms with Crippen molar-refractivity contribution < 1.29 is 18.7 Å². The van der Waals surface area contributed by atoms with Gasteiger partial charge in [0.25, 0.3) is 5.91 Å². The minimum Gasteiger partial charge on any atom is -0.450 e. The van der Waals surface area contributed by atoms with Crippen LogP contribution >= 0.6 is 0 Å². The summed E-state index contributed by atoms with van der Waals surface area (Å²) in [6.45, 7) is 5.05. The smallest absolute Gasteiger partial charge is 0.259 e. The lowest BCUT2D eigenvalue weighted by atomic mass is 10.0. The summed E-state index contributed by atoms with van der Waals surface area (Å²) in [6, 6.07) is 12.8. The SMILES string of the molecule is N[C@@H]1CCN(C(=O)c2cn3c4c(c(NCCN5CCOCC5)c(F)cc4c2=O)Oc2c-3ccc3ccccc23)C1. The number of nitrogens with two attached hydrogens (primary N) is 1. The van der Waals surface area contributed by atoms with Crippen LogP contribution in [-0.4, -0.2) is 78.8 Å². The maximum absolute atomic E-state index is 15.8. The first-order chi connectivity index (χ1) is 19.5. The van der Waals surface area contributed by atoms with Crippen LogP contribution in [0.15, 0.2) is 53.5 Å². The van der Waals surface area contributed by atoms with E-state index in [2.05, 4.69) is 10.2 Å². The van der Waals surface area contributed by atoms with Crippen LogP contribution in [0.3, 0.4) is 0 Å². The van der Waals surface area contributed by atoms with Crippen molar-refractivity contribution in [2.24, 2.45) is 5.73 Å². The summed E-state index contributed by atoms with van der Waals surface area (Å²) in [6.07, 6.45) is 2.25. The van der Waals surface area contributed by atoms with Crippen molar-refractivity contribution in [3.63, 3.8) is 0 Å². The molecule has 3 aliphatic rings. The van der Waals surface area contributed by atoms with Gasteiger partial charge in [-0.25, -0.2) is 4.39 Å². The molecular weight excluding hydrogens is 513 g/mol. The maximum atomic E-state index is 15.8. The van der Waals surface area contributed by atoms with Gasteiger partial charge in [0.05, 0.1) is 24.3 Å². The molecule has 1 atom stereocenters. The predicted octanol–water partition coefficient (Wildman–Crippen LogP) is 3.31. The van der Waals surface area contributed by atoms with Crippen LogP contribution in [-0.2, 0) is 4.74 Å². The summed E-state index contributed by atoms with van der Waals surface area (Å²) in [5, 5.41) is 5.14. The van der Waals surface area contributed by atoms with Gasteiger partial charge < -0.3 is 30.0 Å². The minimum absolute atomic E-state index is 0.0130. The second kappa shape index (κ2) is 9.88. The summed E-state index contributed by atoms with van der Waals surface area (Å²) in [7, 11) is 0. The number of benzene rings is 3. The molecule has 0 aliphatic carbocycles. The number of aromatic nitrogens is 1. The standard InChI is InChI=1S/C30H30FN5O4/c31-23-15-21-26-29(25(23)33-8-10-34-11-13-39-14-12-34)40-28-20-4-2-1-3-18(20)5-6-24(28)36(26)17-22(27(21)37)30(38)35-9-7-19(32)16-35/h1-6,15,17,19,33H,7-14,16,32H2/t19-/m1/s1. The number of nitrogens with zero attached hydrogens (tertiary/aromatic N) is 3. The van der Waals surface area contributed by atoms with Gasteiger partial charge >= 0.3 is 0 Å². The van der Waals surface area contributed by atoms with Crippen LogP contribution in [0.2, 0.25) is 0 Å². The number of nitrogens with one attached hydrogen (secondary N) is 1. The van der Waals surface area contributed by atoms with Gasteiger partial charge in [0.2, 0.25) is 5.43 Å². The summed E-state index contributed by atoms with van der Waals surface area (Å²) in [5.74, 6) is -0.226. The van der Waals surface area contributed by atoms with E-state index in [1.807, 2.05) is 36.4 Å². The summed E-state index contributed by atoms with van der Waals surface area (Å²) < 4.78 is 29.5. The lowest BCUT2D eigenvalue weighted by molar-refractivity contribution is 0.0398. The Hall–Kier alpha value is -3.99. The molecule has 0 saturated carbocycles. The molecule has 9 nitrogen and oxygen atoms in total. The molecule has 1 amide bonds. The Kier molecular flexibility index (Phi) is 6.18. The molecule has 0 unspecified atom stereocenters. The maximum Gasteiger partial charge on any atom is 0.259 e. The van der Waals surface area contributed by atoms with Crippen LogP contribution in [0.4, 0.5) is 10.1 Å². The molecule has 4 heterocycles. The fraction of sp³-hybridized carbons (Fsp3) is 0.333. The van der Waals surface area contributed by atoms with E-state index in [4.69, 9.17) is 15.2 Å². The Bertz CT molecular complexity index is 1710. The molecule has 2 saturated heterocycles. The van der Waals surface area contributed by atoms with Crippen LogP contribution in [0.5, 0.6) is 11.5 Å². The third-order valence-electron chi connectivity index (χ3n) is 8.09. The first-order valence-corrected chi connectivity index (χ1v) is 13.7. The number of carbonyl (C=O) groups is 1. The van der Waals surface area contributed by atoms with E-state index in [0.29, 0.717) is 62.8 Å². The summed E-state index contributed by atoms with van der Waals surface area (Å²) in [5.41, 5.74) is 6.79. The Balaban J connectivity index is 1.39. The predicted molar refractivity (Wildman–Crippen MR) is 151 cm³/mol. The molecule has 0 bridgehead atoms.